The van der Waals surface area contributed by atoms with Gasteiger partial charge in [-0.1, -0.05) is 24.3 Å². The maximum Gasteiger partial charge on any atom is 0.303 e. The number of aliphatic hydroxyl groups excluding tert-OH is 1. The Morgan fingerprint density at radius 3 is 1.02 bits per heavy atom. The van der Waals surface area contributed by atoms with Gasteiger partial charge in [0.2, 0.25) is 0 Å². The number of aliphatic hydroxyl groups is 1. The lowest BCUT2D eigenvalue weighted by atomic mass is 9.73. The summed E-state index contributed by atoms with van der Waals surface area (Å²) in [6, 6.07) is 27.0. The molecule has 0 saturated carbocycles. The average molecular weight is 2010 g/mol. The number of benzene rings is 8. The van der Waals surface area contributed by atoms with E-state index in [0.717, 1.165) is 111 Å². The number of nitriles is 4. The number of esters is 3. The molecule has 708 valence electrons. The third kappa shape index (κ3) is 19.8. The zero-order valence-electron chi connectivity index (χ0n) is 72.2. The van der Waals surface area contributed by atoms with Crippen molar-refractivity contribution >= 4 is 112 Å². The van der Waals surface area contributed by atoms with E-state index in [4.69, 9.17) is 14.2 Å². The average Bonchev–Trinajstić information content (AvgIpc) is 1.44. The van der Waals surface area contributed by atoms with Gasteiger partial charge in [-0.2, -0.15) is 46.3 Å². The topological polar surface area (TPSA) is 348 Å². The van der Waals surface area contributed by atoms with Crippen LogP contribution in [0.4, 0.5) is 52.7 Å². The van der Waals surface area contributed by atoms with Crippen LogP contribution in [0.15, 0.2) is 117 Å². The van der Waals surface area contributed by atoms with E-state index in [9.17, 15) is 127 Å². The Bertz CT molecular complexity index is 6870. The number of Topliss-reactive ketones (excluding diaryl/α,β-unsaturated/α-hetero) is 1. The van der Waals surface area contributed by atoms with Crippen LogP contribution < -0.4 is 0 Å². The largest absolute Gasteiger partial charge is 0.454 e. The molecule has 0 radical (unpaired) electrons. The number of carbonyl (C=O) groups excluding carboxylic acids is 4. The number of thioether (sulfide) groups is 2. The maximum atomic E-state index is 15.2. The lowest BCUT2D eigenvalue weighted by Crippen LogP contribution is -2.27. The number of ketones is 1. The lowest BCUT2D eigenvalue weighted by molar-refractivity contribution is -0.150. The third-order valence-electron chi connectivity index (χ3n) is 25.2. The predicted molar refractivity (Wildman–Crippen MR) is 476 cm³/mol. The van der Waals surface area contributed by atoms with Crippen molar-refractivity contribution < 1.29 is 125 Å². The second kappa shape index (κ2) is 38.9. The Hall–Kier alpha value is -9.88. The summed E-state index contributed by atoms with van der Waals surface area (Å²) < 4.78 is 289. The number of halogens is 12. The number of thiol groups is 2. The quantitative estimate of drug-likeness (QED) is 0.0442. The SMILES string of the molecule is CC(=O)O[C@H]1c2c(S(C)(=O)=O)ccc([C@H]3CCC(=O)c4cc(F)cc(C#N)c43)c2C[C@H]1F.CC(=O)O[C@H]1c2c(S(C)(=O)=O)ccc([C@H]3CCC(F)(F)c4cc(F)cc(C#N)c43)c2C[C@H]1F.CC(=O)O[C@H]1c2c(S(C)(=O)=O)ccc([C@H]3CCC4(SCCS4)c4cc(F)cc(C#N)c43)c2C[C@H]1F.CS(=O)(=O)c1ccc([C@H]2CCC(F)(F)c3cc(F)cc(C#N)c32)c2c1[C@H](O)[C@H](F)C2.SCCS. The summed E-state index contributed by atoms with van der Waals surface area (Å²) in [4.78, 5) is 46.7. The first-order chi connectivity index (χ1) is 62.8. The molecule has 17 rings (SSSR count). The highest BCUT2D eigenvalue weighted by Gasteiger charge is 2.52. The number of hydrogen-bond acceptors (Lipinski definition) is 24. The van der Waals surface area contributed by atoms with Crippen LogP contribution in [0.2, 0.25) is 0 Å². The first-order valence-electron chi connectivity index (χ1n) is 41.7. The minimum Gasteiger partial charge on any atom is -0.454 e. The Morgan fingerprint density at radius 1 is 0.418 bits per heavy atom. The van der Waals surface area contributed by atoms with Crippen LogP contribution in [0.1, 0.15) is 259 Å². The number of ether oxygens (including phenoxy) is 3. The summed E-state index contributed by atoms with van der Waals surface area (Å²) >= 11 is 11.2. The molecular weight excluding hydrogens is 1930 g/mol. The number of carbonyl (C=O) groups is 4. The molecule has 0 amide bonds. The van der Waals surface area contributed by atoms with Gasteiger partial charge < -0.3 is 19.3 Å². The van der Waals surface area contributed by atoms with Gasteiger partial charge in [0.25, 0.3) is 11.8 Å². The summed E-state index contributed by atoms with van der Waals surface area (Å²) in [5.41, 5.74) is 3.93. The summed E-state index contributed by atoms with van der Waals surface area (Å²) in [7, 11) is -15.1. The molecule has 1 fully saturated rings. The first-order valence-corrected chi connectivity index (χ1v) is 52.5. The standard InChI is InChI=1S/C25H23F2NO4S3.C23H19F4NO4S.C23H19F2NO5S.C21H17F4NO3S.C2H6S2/c1-13(29)32-24-20(27)11-18-16(3-4-21(23(18)24)35(2,30)31)17-5-6-25(33-7-8-34-25)19-10-15(26)9-14(12-28)22(17)19;1-11(29)32-22-18(25)9-16-14(3-4-19(21(16)22)33(2,30)31)15-5-6-23(26,27)17-8-13(24)7-12(10-28)20(15)17;1-11(27)31-23-18(25)9-16-14(4-6-20(22(16)23)32(2,29)30)15-3-5-19(28)17-8-13(24)7-12(10-26)21(15)17;1-30(28,29)17-3-2-12(14-8-16(23)20(27)19(14)17)13-4-5-21(24,25)15-7-11(22)6-10(9-26)18(13)15;3-1-2-4/h3-4,9-10,17,20,24H,5-8,11H2,1-2H3;3-4,7-8,15,18,22H,5-6,9H2,1-2H3;4,6-8,15,18,23H,3,5,9H2,1-2H3;2-3,6-7,13,16,20,27H,4-5,8H2,1H3;3-4H,1-2H2/t17-,20-,24-;15-,18-,22-;15-,18-,23-;13-,16-,20-;/m1111./s1. The number of rotatable bonds is 12. The fourth-order valence-corrected chi connectivity index (χ4v) is 27.3. The molecule has 1 aliphatic heterocycles. The van der Waals surface area contributed by atoms with Gasteiger partial charge in [0, 0.05) is 165 Å². The van der Waals surface area contributed by atoms with E-state index in [-0.39, 0.29) is 153 Å². The second-order valence-corrected chi connectivity index (χ2v) is 45.8. The van der Waals surface area contributed by atoms with Crippen molar-refractivity contribution in [1.82, 2.24) is 0 Å². The van der Waals surface area contributed by atoms with Crippen LogP contribution >= 0.6 is 48.8 Å². The van der Waals surface area contributed by atoms with Gasteiger partial charge in [0.15, 0.2) is 63.4 Å². The van der Waals surface area contributed by atoms with E-state index in [0.29, 0.717) is 63.9 Å². The normalized spacial score (nSPS) is 23.2. The molecular formula is C94H84F12N4O16S8. The van der Waals surface area contributed by atoms with Gasteiger partial charge >= 0.3 is 17.9 Å². The molecule has 8 aromatic rings. The summed E-state index contributed by atoms with van der Waals surface area (Å²) in [5, 5.41) is 48.7. The van der Waals surface area contributed by atoms with Crippen molar-refractivity contribution in [3.8, 4) is 24.3 Å². The zero-order chi connectivity index (χ0) is 98.2. The molecule has 0 unspecified atom stereocenters. The highest BCUT2D eigenvalue weighted by molar-refractivity contribution is 8.20. The van der Waals surface area contributed by atoms with Crippen LogP contribution in [0.5, 0.6) is 0 Å². The zero-order valence-corrected chi connectivity index (χ0v) is 78.9. The van der Waals surface area contributed by atoms with E-state index in [2.05, 4.69) is 31.3 Å². The van der Waals surface area contributed by atoms with E-state index < -0.39 is 183 Å². The summed E-state index contributed by atoms with van der Waals surface area (Å²) in [6.07, 6.45) is -9.15. The van der Waals surface area contributed by atoms with Gasteiger partial charge in [-0.15, -0.1) is 23.5 Å². The molecule has 1 N–H and O–H groups in total. The summed E-state index contributed by atoms with van der Waals surface area (Å²) in [6.45, 7) is 3.35. The van der Waals surface area contributed by atoms with E-state index in [1.54, 1.807) is 47.8 Å². The molecule has 12 atom stereocenters. The molecule has 8 aromatic carbocycles. The maximum absolute atomic E-state index is 15.2. The van der Waals surface area contributed by atoms with Crippen molar-refractivity contribution in [2.45, 2.75) is 206 Å². The summed E-state index contributed by atoms with van der Waals surface area (Å²) in [5.74, 6) is -11.2. The highest BCUT2D eigenvalue weighted by Crippen LogP contribution is 2.63. The monoisotopic (exact) mass is 2010 g/mol. The molecule has 1 saturated heterocycles. The molecule has 134 heavy (non-hydrogen) atoms. The van der Waals surface area contributed by atoms with Crippen LogP contribution in [0, 0.1) is 68.6 Å². The van der Waals surface area contributed by atoms with Crippen LogP contribution in [0.25, 0.3) is 0 Å². The van der Waals surface area contributed by atoms with Crippen molar-refractivity contribution in [2.24, 2.45) is 0 Å². The van der Waals surface area contributed by atoms with Gasteiger partial charge in [-0.05, 0) is 189 Å². The number of nitrogens with zero attached hydrogens (tertiary/aromatic N) is 4. The molecule has 0 aromatic heterocycles. The lowest BCUT2D eigenvalue weighted by Gasteiger charge is -2.39. The van der Waals surface area contributed by atoms with Crippen LogP contribution in [-0.4, -0.2) is 135 Å². The highest BCUT2D eigenvalue weighted by atomic mass is 32.2. The van der Waals surface area contributed by atoms with Gasteiger partial charge in [0.05, 0.1) is 70.2 Å². The van der Waals surface area contributed by atoms with Crippen molar-refractivity contribution in [3.05, 3.63) is 254 Å². The Labute approximate surface area is 784 Å². The van der Waals surface area contributed by atoms with Crippen molar-refractivity contribution in [2.75, 3.05) is 48.0 Å². The van der Waals surface area contributed by atoms with E-state index in [1.807, 2.05) is 6.07 Å². The number of sulfone groups is 4. The van der Waals surface area contributed by atoms with Gasteiger partial charge in [-0.25, -0.2) is 86.4 Å². The van der Waals surface area contributed by atoms with E-state index in [1.165, 1.54) is 48.5 Å². The number of hydrogen-bond donors (Lipinski definition) is 3. The molecule has 9 aliphatic rings. The predicted octanol–water partition coefficient (Wildman–Crippen LogP) is 18.4. The van der Waals surface area contributed by atoms with Gasteiger partial charge in [-0.3, -0.25) is 19.2 Å². The fourth-order valence-electron chi connectivity index (χ4n) is 20.2. The van der Waals surface area contributed by atoms with E-state index >= 15 is 4.39 Å². The molecule has 1 heterocycles. The molecule has 1 spiro atoms. The second-order valence-electron chi connectivity index (χ2n) is 33.9. The minimum atomic E-state index is -3.85. The van der Waals surface area contributed by atoms with Gasteiger partial charge in [0.1, 0.15) is 54.1 Å². The van der Waals surface area contributed by atoms with Crippen LogP contribution in [-0.2, 0) is 110 Å². The molecule has 0 bridgehead atoms. The Balaban J connectivity index is 0.000000150. The molecule has 20 nitrogen and oxygen atoms in total. The third-order valence-corrected chi connectivity index (χ3v) is 34.2. The van der Waals surface area contributed by atoms with Crippen molar-refractivity contribution in [3.63, 3.8) is 0 Å². The fraction of sp³-hybridized carbons (Fsp3) is 0.404. The van der Waals surface area contributed by atoms with Crippen LogP contribution in [0.3, 0.4) is 0 Å². The molecule has 8 aliphatic carbocycles. The smallest absolute Gasteiger partial charge is 0.303 e. The van der Waals surface area contributed by atoms with Crippen molar-refractivity contribution in [1.29, 1.82) is 21.0 Å². The molecule has 40 heteroatoms. The Morgan fingerprint density at radius 2 is 0.701 bits per heavy atom. The number of fused-ring (bicyclic) bond motifs is 9. The minimum absolute atomic E-state index is 0.00493. The Kier molecular flexibility index (Phi) is 29.5. The number of alkyl halides is 8. The first kappa shape index (κ1) is 102.